The molecule has 0 aliphatic carbocycles. The summed E-state index contributed by atoms with van der Waals surface area (Å²) in [6.45, 7) is 5.69. The molecule has 0 bridgehead atoms. The van der Waals surface area contributed by atoms with E-state index in [0.29, 0.717) is 11.3 Å². The number of nitrogens with two attached hydrogens (primary N) is 1. The maximum absolute atomic E-state index is 11.8. The smallest absolute Gasteiger partial charge is 0.251 e. The van der Waals surface area contributed by atoms with Crippen LogP contribution in [0.2, 0.25) is 0 Å². The summed E-state index contributed by atoms with van der Waals surface area (Å²) in [7, 11) is 0. The Hall–Kier alpha value is -1.59. The van der Waals surface area contributed by atoms with E-state index in [9.17, 15) is 9.59 Å². The first kappa shape index (κ1) is 17.4. The summed E-state index contributed by atoms with van der Waals surface area (Å²) < 4.78 is 0. The maximum atomic E-state index is 11.8. The van der Waals surface area contributed by atoms with Crippen molar-refractivity contribution in [3.8, 4) is 0 Å². The van der Waals surface area contributed by atoms with Gasteiger partial charge in [0.15, 0.2) is 0 Å². The third-order valence-corrected chi connectivity index (χ3v) is 2.10. The lowest BCUT2D eigenvalue weighted by molar-refractivity contribution is -0.114. The largest absolute Gasteiger partial charge is 0.347 e. The third-order valence-electron chi connectivity index (χ3n) is 2.10. The van der Waals surface area contributed by atoms with Crippen molar-refractivity contribution in [2.75, 3.05) is 11.9 Å². The van der Waals surface area contributed by atoms with Gasteiger partial charge >= 0.3 is 0 Å². The SMILES string of the molecule is CC(C)(C)NC(=O)c1ccc(NC(=O)CN)cc1.Cl. The predicted molar refractivity (Wildman–Crippen MR) is 78.6 cm³/mol. The van der Waals surface area contributed by atoms with E-state index in [4.69, 9.17) is 5.73 Å². The molecule has 6 heteroatoms. The minimum atomic E-state index is -0.274. The zero-order valence-electron chi connectivity index (χ0n) is 11.3. The number of amides is 2. The quantitative estimate of drug-likeness (QED) is 0.787. The first-order valence-electron chi connectivity index (χ1n) is 5.74. The van der Waals surface area contributed by atoms with Crippen LogP contribution in [0.15, 0.2) is 24.3 Å². The van der Waals surface area contributed by atoms with Gasteiger partial charge in [-0.2, -0.15) is 0 Å². The van der Waals surface area contributed by atoms with Crippen LogP contribution in [-0.2, 0) is 4.79 Å². The third kappa shape index (κ3) is 6.22. The minimum Gasteiger partial charge on any atom is -0.347 e. The second-order valence-electron chi connectivity index (χ2n) is 5.03. The van der Waals surface area contributed by atoms with Crippen LogP contribution in [0.25, 0.3) is 0 Å². The highest BCUT2D eigenvalue weighted by Crippen LogP contribution is 2.10. The molecule has 0 fully saturated rings. The van der Waals surface area contributed by atoms with Crippen molar-refractivity contribution >= 4 is 29.9 Å². The van der Waals surface area contributed by atoms with E-state index in [2.05, 4.69) is 10.6 Å². The number of rotatable bonds is 3. The number of hydrogen-bond donors (Lipinski definition) is 3. The van der Waals surface area contributed by atoms with Crippen LogP contribution < -0.4 is 16.4 Å². The van der Waals surface area contributed by atoms with Crippen molar-refractivity contribution in [2.45, 2.75) is 26.3 Å². The Balaban J connectivity index is 0.00000324. The molecular weight excluding hydrogens is 266 g/mol. The van der Waals surface area contributed by atoms with Crippen molar-refractivity contribution < 1.29 is 9.59 Å². The van der Waals surface area contributed by atoms with Gasteiger partial charge in [0.2, 0.25) is 5.91 Å². The van der Waals surface area contributed by atoms with Gasteiger partial charge in [-0.15, -0.1) is 12.4 Å². The standard InChI is InChI=1S/C13H19N3O2.ClH/c1-13(2,3)16-12(18)9-4-6-10(7-5-9)15-11(17)8-14;/h4-7H,8,14H2,1-3H3,(H,15,17)(H,16,18);1H. The lowest BCUT2D eigenvalue weighted by atomic mass is 10.1. The van der Waals surface area contributed by atoms with Gasteiger partial charge in [0.05, 0.1) is 6.54 Å². The molecule has 0 aromatic heterocycles. The summed E-state index contributed by atoms with van der Waals surface area (Å²) in [5.74, 6) is -0.402. The second-order valence-corrected chi connectivity index (χ2v) is 5.03. The lowest BCUT2D eigenvalue weighted by Crippen LogP contribution is -2.40. The Labute approximate surface area is 119 Å². The normalized spacial score (nSPS) is 10.3. The van der Waals surface area contributed by atoms with Gasteiger partial charge in [-0.25, -0.2) is 0 Å². The summed E-state index contributed by atoms with van der Waals surface area (Å²) in [5, 5.41) is 5.47. The van der Waals surface area contributed by atoms with Crippen molar-refractivity contribution in [1.29, 1.82) is 0 Å². The number of hydrogen-bond acceptors (Lipinski definition) is 3. The lowest BCUT2D eigenvalue weighted by Gasteiger charge is -2.20. The minimum absolute atomic E-state index is 0. The molecule has 0 unspecified atom stereocenters. The Bertz CT molecular complexity index is 438. The van der Waals surface area contributed by atoms with Gasteiger partial charge in [-0.3, -0.25) is 9.59 Å². The van der Waals surface area contributed by atoms with Gasteiger partial charge in [0.1, 0.15) is 0 Å². The van der Waals surface area contributed by atoms with Crippen LogP contribution in [-0.4, -0.2) is 23.9 Å². The number of halogens is 1. The molecule has 0 radical (unpaired) electrons. The summed E-state index contributed by atoms with van der Waals surface area (Å²) in [4.78, 5) is 22.9. The average molecular weight is 286 g/mol. The summed E-state index contributed by atoms with van der Waals surface area (Å²) in [6, 6.07) is 6.66. The molecule has 2 amide bonds. The highest BCUT2D eigenvalue weighted by molar-refractivity contribution is 5.96. The molecule has 0 aliphatic rings. The molecule has 5 nitrogen and oxygen atoms in total. The van der Waals surface area contributed by atoms with Crippen LogP contribution in [0.1, 0.15) is 31.1 Å². The van der Waals surface area contributed by atoms with Gasteiger partial charge < -0.3 is 16.4 Å². The van der Waals surface area contributed by atoms with Gasteiger partial charge in [-0.05, 0) is 45.0 Å². The van der Waals surface area contributed by atoms with E-state index >= 15 is 0 Å². The Kier molecular flexibility index (Phi) is 6.52. The summed E-state index contributed by atoms with van der Waals surface area (Å²) in [6.07, 6.45) is 0. The number of benzene rings is 1. The zero-order valence-corrected chi connectivity index (χ0v) is 12.1. The molecule has 106 valence electrons. The fourth-order valence-corrected chi connectivity index (χ4v) is 1.33. The monoisotopic (exact) mass is 285 g/mol. The molecule has 1 aromatic rings. The highest BCUT2D eigenvalue weighted by Gasteiger charge is 2.14. The second kappa shape index (κ2) is 7.11. The molecule has 0 aliphatic heterocycles. The predicted octanol–water partition coefficient (Wildman–Crippen LogP) is 1.53. The topological polar surface area (TPSA) is 84.2 Å². The fourth-order valence-electron chi connectivity index (χ4n) is 1.33. The molecule has 4 N–H and O–H groups in total. The summed E-state index contributed by atoms with van der Waals surface area (Å²) >= 11 is 0. The molecule has 1 rings (SSSR count). The molecule has 0 spiro atoms. The van der Waals surface area contributed by atoms with Crippen molar-refractivity contribution in [3.63, 3.8) is 0 Å². The maximum Gasteiger partial charge on any atom is 0.251 e. The van der Waals surface area contributed by atoms with E-state index in [1.807, 2.05) is 20.8 Å². The van der Waals surface area contributed by atoms with E-state index < -0.39 is 0 Å². The van der Waals surface area contributed by atoms with Crippen molar-refractivity contribution in [2.24, 2.45) is 5.73 Å². The number of carbonyl (C=O) groups is 2. The Morgan fingerprint density at radius 1 is 1.16 bits per heavy atom. The van der Waals surface area contributed by atoms with Crippen LogP contribution >= 0.6 is 12.4 Å². The Morgan fingerprint density at radius 3 is 2.11 bits per heavy atom. The average Bonchev–Trinajstić information content (AvgIpc) is 2.27. The molecule has 1 aromatic carbocycles. The van der Waals surface area contributed by atoms with Crippen LogP contribution in [0.3, 0.4) is 0 Å². The molecule has 0 atom stereocenters. The summed E-state index contributed by atoms with van der Waals surface area (Å²) in [5.41, 5.74) is 6.09. The fraction of sp³-hybridized carbons (Fsp3) is 0.385. The van der Waals surface area contributed by atoms with Crippen LogP contribution in [0, 0.1) is 0 Å². The first-order valence-corrected chi connectivity index (χ1v) is 5.74. The molecule has 19 heavy (non-hydrogen) atoms. The first-order chi connectivity index (χ1) is 8.31. The zero-order chi connectivity index (χ0) is 13.8. The van der Waals surface area contributed by atoms with Crippen molar-refractivity contribution in [1.82, 2.24) is 5.32 Å². The molecule has 0 heterocycles. The van der Waals surface area contributed by atoms with E-state index in [0.717, 1.165) is 0 Å². The van der Waals surface area contributed by atoms with E-state index in [1.54, 1.807) is 24.3 Å². The highest BCUT2D eigenvalue weighted by atomic mass is 35.5. The van der Waals surface area contributed by atoms with Crippen molar-refractivity contribution in [3.05, 3.63) is 29.8 Å². The number of carbonyl (C=O) groups excluding carboxylic acids is 2. The van der Waals surface area contributed by atoms with Crippen LogP contribution in [0.5, 0.6) is 0 Å². The van der Waals surface area contributed by atoms with E-state index in [-0.39, 0.29) is 36.3 Å². The van der Waals surface area contributed by atoms with Gasteiger partial charge in [0, 0.05) is 16.8 Å². The Morgan fingerprint density at radius 2 is 1.68 bits per heavy atom. The number of nitrogens with one attached hydrogen (secondary N) is 2. The van der Waals surface area contributed by atoms with Gasteiger partial charge in [-0.1, -0.05) is 0 Å². The molecular formula is C13H20ClN3O2. The molecule has 0 saturated heterocycles. The molecule has 0 saturated carbocycles. The number of anilines is 1. The van der Waals surface area contributed by atoms with Gasteiger partial charge in [0.25, 0.3) is 5.91 Å². The van der Waals surface area contributed by atoms with E-state index in [1.165, 1.54) is 0 Å². The van der Waals surface area contributed by atoms with Crippen LogP contribution in [0.4, 0.5) is 5.69 Å².